The van der Waals surface area contributed by atoms with E-state index in [9.17, 15) is 10.2 Å². The quantitative estimate of drug-likeness (QED) is 0.498. The molecule has 1 aromatic heterocycles. The summed E-state index contributed by atoms with van der Waals surface area (Å²) in [6, 6.07) is 5.51. The zero-order chi connectivity index (χ0) is 21.8. The zero-order valence-corrected chi connectivity index (χ0v) is 18.3. The molecule has 1 aliphatic heterocycles. The van der Waals surface area contributed by atoms with E-state index < -0.39 is 6.10 Å². The first-order valence-corrected chi connectivity index (χ1v) is 10.4. The molecule has 0 spiro atoms. The van der Waals surface area contributed by atoms with Crippen molar-refractivity contribution in [1.29, 1.82) is 5.41 Å². The number of benzene rings is 1. The maximum Gasteiger partial charge on any atom is 0.136 e. The first kappa shape index (κ1) is 22.3. The summed E-state index contributed by atoms with van der Waals surface area (Å²) in [5.74, 6) is 1.89. The Kier molecular flexibility index (Phi) is 7.12. The molecule has 2 aromatic rings. The van der Waals surface area contributed by atoms with E-state index in [1.54, 1.807) is 13.0 Å². The molecular weight excluding hydrogens is 404 g/mol. The highest BCUT2D eigenvalue weighted by Crippen LogP contribution is 2.34. The molecule has 1 aromatic carbocycles. The van der Waals surface area contributed by atoms with E-state index in [1.807, 2.05) is 31.0 Å². The van der Waals surface area contributed by atoms with E-state index in [4.69, 9.17) is 17.0 Å². The number of hydrogen-bond acceptors (Lipinski definition) is 8. The van der Waals surface area contributed by atoms with Crippen LogP contribution < -0.4 is 15.1 Å². The number of aliphatic hydroxyl groups excluding tert-OH is 2. The SMILES string of the molecule is Cc1nc(Nc2cc(N3CCC(O)CC3)c(Cl)cc2C=N)cc(N(C)CC(C)O)n1. The summed E-state index contributed by atoms with van der Waals surface area (Å²) in [5.41, 5.74) is 2.24. The summed E-state index contributed by atoms with van der Waals surface area (Å²) < 4.78 is 0. The number of likely N-dealkylation sites (N-methyl/N-ethyl adjacent to an activating group) is 1. The molecule has 0 radical (unpaired) electrons. The number of aryl methyl sites for hydroxylation is 1. The molecule has 30 heavy (non-hydrogen) atoms. The largest absolute Gasteiger partial charge is 0.393 e. The van der Waals surface area contributed by atoms with Crippen LogP contribution in [0.2, 0.25) is 5.02 Å². The molecule has 0 aliphatic carbocycles. The van der Waals surface area contributed by atoms with Gasteiger partial charge < -0.3 is 30.7 Å². The monoisotopic (exact) mass is 432 g/mol. The first-order valence-electron chi connectivity index (χ1n) is 10.1. The van der Waals surface area contributed by atoms with Crippen LogP contribution in [-0.2, 0) is 0 Å². The zero-order valence-electron chi connectivity index (χ0n) is 17.6. The Morgan fingerprint density at radius 2 is 2.03 bits per heavy atom. The highest BCUT2D eigenvalue weighted by atomic mass is 35.5. The normalized spacial score (nSPS) is 15.7. The Morgan fingerprint density at radius 1 is 1.33 bits per heavy atom. The van der Waals surface area contributed by atoms with Crippen molar-refractivity contribution in [3.05, 3.63) is 34.6 Å². The molecule has 4 N–H and O–H groups in total. The van der Waals surface area contributed by atoms with Crippen LogP contribution in [0, 0.1) is 12.3 Å². The van der Waals surface area contributed by atoms with Gasteiger partial charge in [-0.1, -0.05) is 11.6 Å². The van der Waals surface area contributed by atoms with E-state index in [0.29, 0.717) is 47.4 Å². The molecule has 2 heterocycles. The summed E-state index contributed by atoms with van der Waals surface area (Å²) in [6.45, 7) is 5.45. The predicted octanol–water partition coefficient (Wildman–Crippen LogP) is 2.96. The van der Waals surface area contributed by atoms with E-state index in [2.05, 4.69) is 20.2 Å². The Hall–Kier alpha value is -2.42. The van der Waals surface area contributed by atoms with Gasteiger partial charge in [-0.3, -0.25) is 0 Å². The van der Waals surface area contributed by atoms with Gasteiger partial charge in [0.1, 0.15) is 17.5 Å². The summed E-state index contributed by atoms with van der Waals surface area (Å²) in [6.07, 6.45) is 1.92. The maximum atomic E-state index is 9.79. The van der Waals surface area contributed by atoms with Crippen molar-refractivity contribution in [3.8, 4) is 0 Å². The standard InChI is InChI=1S/C21H29ClN6O2/c1-13(29)12-27(3)21-10-20(24-14(2)25-21)26-18-9-19(17(22)8-15(18)11-23)28-6-4-16(30)5-7-28/h8-11,13,16,23,29-30H,4-7,12H2,1-3H3,(H,24,25,26). The third-order valence-electron chi connectivity index (χ3n) is 5.10. The Bertz CT molecular complexity index is 899. The van der Waals surface area contributed by atoms with Crippen LogP contribution in [0.1, 0.15) is 31.2 Å². The lowest BCUT2D eigenvalue weighted by molar-refractivity contribution is 0.145. The fraction of sp³-hybridized carbons (Fsp3) is 0.476. The number of aromatic nitrogens is 2. The van der Waals surface area contributed by atoms with E-state index in [0.717, 1.165) is 24.5 Å². The summed E-state index contributed by atoms with van der Waals surface area (Å²) in [7, 11) is 1.87. The van der Waals surface area contributed by atoms with Crippen LogP contribution in [0.25, 0.3) is 0 Å². The van der Waals surface area contributed by atoms with Gasteiger partial charge in [-0.25, -0.2) is 9.97 Å². The van der Waals surface area contributed by atoms with Gasteiger partial charge in [0.05, 0.1) is 28.6 Å². The van der Waals surface area contributed by atoms with Gasteiger partial charge in [-0.15, -0.1) is 0 Å². The highest BCUT2D eigenvalue weighted by molar-refractivity contribution is 6.33. The van der Waals surface area contributed by atoms with Crippen LogP contribution >= 0.6 is 11.6 Å². The molecule has 9 heteroatoms. The van der Waals surface area contributed by atoms with Gasteiger partial charge in [0, 0.05) is 44.5 Å². The fourth-order valence-corrected chi connectivity index (χ4v) is 3.88. The van der Waals surface area contributed by atoms with Gasteiger partial charge in [0.2, 0.25) is 0 Å². The number of hydrogen-bond donors (Lipinski definition) is 4. The van der Waals surface area contributed by atoms with Crippen LogP contribution in [0.3, 0.4) is 0 Å². The molecule has 1 saturated heterocycles. The average Bonchev–Trinajstić information content (AvgIpc) is 2.69. The van der Waals surface area contributed by atoms with Gasteiger partial charge in [-0.05, 0) is 38.8 Å². The lowest BCUT2D eigenvalue weighted by atomic mass is 10.1. The number of aliphatic hydroxyl groups is 2. The maximum absolute atomic E-state index is 9.79. The first-order chi connectivity index (χ1) is 14.3. The number of rotatable bonds is 7. The van der Waals surface area contributed by atoms with Crippen LogP contribution in [0.15, 0.2) is 18.2 Å². The van der Waals surface area contributed by atoms with Gasteiger partial charge in [0.25, 0.3) is 0 Å². The molecule has 1 unspecified atom stereocenters. The van der Waals surface area contributed by atoms with Gasteiger partial charge in [0.15, 0.2) is 0 Å². The topological polar surface area (TPSA) is 109 Å². The van der Waals surface area contributed by atoms with Crippen LogP contribution in [0.5, 0.6) is 0 Å². The molecule has 0 amide bonds. The molecule has 162 valence electrons. The number of nitrogens with zero attached hydrogens (tertiary/aromatic N) is 4. The minimum Gasteiger partial charge on any atom is -0.393 e. The lowest BCUT2D eigenvalue weighted by Crippen LogP contribution is -2.36. The molecular formula is C21H29ClN6O2. The van der Waals surface area contributed by atoms with E-state index in [-0.39, 0.29) is 6.10 Å². The van der Waals surface area contributed by atoms with Crippen molar-refractivity contribution >= 4 is 40.8 Å². The summed E-state index contributed by atoms with van der Waals surface area (Å²) in [5, 5.41) is 31.1. The van der Waals surface area contributed by atoms with Crippen molar-refractivity contribution in [2.45, 2.75) is 38.9 Å². The smallest absolute Gasteiger partial charge is 0.136 e. The van der Waals surface area contributed by atoms with Crippen molar-refractivity contribution < 1.29 is 10.2 Å². The minimum absolute atomic E-state index is 0.264. The second kappa shape index (κ2) is 9.59. The third-order valence-corrected chi connectivity index (χ3v) is 5.40. The number of halogens is 1. The average molecular weight is 433 g/mol. The molecule has 8 nitrogen and oxygen atoms in total. The summed E-state index contributed by atoms with van der Waals surface area (Å²) in [4.78, 5) is 12.9. The van der Waals surface area contributed by atoms with Gasteiger partial charge >= 0.3 is 0 Å². The predicted molar refractivity (Wildman–Crippen MR) is 122 cm³/mol. The summed E-state index contributed by atoms with van der Waals surface area (Å²) >= 11 is 6.50. The highest BCUT2D eigenvalue weighted by Gasteiger charge is 2.21. The van der Waals surface area contributed by atoms with Crippen molar-refractivity contribution in [2.75, 3.05) is 41.8 Å². The number of piperidine rings is 1. The molecule has 1 aliphatic rings. The Labute approximate surface area is 182 Å². The lowest BCUT2D eigenvalue weighted by Gasteiger charge is -2.32. The molecule has 3 rings (SSSR count). The third kappa shape index (κ3) is 5.38. The molecule has 0 bridgehead atoms. The fourth-order valence-electron chi connectivity index (χ4n) is 3.59. The Morgan fingerprint density at radius 3 is 2.67 bits per heavy atom. The van der Waals surface area contributed by atoms with E-state index in [1.165, 1.54) is 6.21 Å². The second-order valence-electron chi connectivity index (χ2n) is 7.77. The van der Waals surface area contributed by atoms with Crippen molar-refractivity contribution in [1.82, 2.24) is 9.97 Å². The van der Waals surface area contributed by atoms with Crippen molar-refractivity contribution in [2.24, 2.45) is 0 Å². The Balaban J connectivity index is 1.91. The minimum atomic E-state index is -0.479. The van der Waals surface area contributed by atoms with Crippen molar-refractivity contribution in [3.63, 3.8) is 0 Å². The van der Waals surface area contributed by atoms with Gasteiger partial charge in [-0.2, -0.15) is 0 Å². The molecule has 1 atom stereocenters. The van der Waals surface area contributed by atoms with Crippen LogP contribution in [0.4, 0.5) is 23.0 Å². The second-order valence-corrected chi connectivity index (χ2v) is 8.17. The van der Waals surface area contributed by atoms with E-state index >= 15 is 0 Å². The number of nitrogens with one attached hydrogen (secondary N) is 2. The molecule has 1 fully saturated rings. The molecule has 0 saturated carbocycles. The number of anilines is 4. The van der Waals surface area contributed by atoms with Crippen LogP contribution in [-0.4, -0.2) is 65.3 Å².